The first-order chi connectivity index (χ1) is 15.3. The van der Waals surface area contributed by atoms with Crippen LogP contribution in [0.4, 0.5) is 10.5 Å². The molecule has 32 heavy (non-hydrogen) atoms. The van der Waals surface area contributed by atoms with Gasteiger partial charge in [0.15, 0.2) is 0 Å². The summed E-state index contributed by atoms with van der Waals surface area (Å²) in [6, 6.07) is 12.0. The standard InChI is InChI=1S/C22H22N4O6/c1-2-19(27)24-17-5-3-4-15(12-17)7-6-14-8-10-16(11-9-14)20(28)25-18(21(29)26-32)13-23-22(30)31/h3-5,8-12,18,23,32H,2,13H2,1H3,(H,24,27)(H,25,28)(H,26,29)(H,30,31)/t18-/m0/s1. The fraction of sp³-hybridized carbons (Fsp3) is 0.182. The highest BCUT2D eigenvalue weighted by atomic mass is 16.5. The molecule has 10 heteroatoms. The largest absolute Gasteiger partial charge is 0.465 e. The van der Waals surface area contributed by atoms with Crippen molar-refractivity contribution < 1.29 is 29.5 Å². The van der Waals surface area contributed by atoms with Crippen LogP contribution in [-0.4, -0.2) is 46.7 Å². The number of hydrogen-bond donors (Lipinski definition) is 6. The third-order valence-electron chi connectivity index (χ3n) is 4.16. The molecule has 2 aromatic carbocycles. The van der Waals surface area contributed by atoms with Gasteiger partial charge < -0.3 is 21.1 Å². The maximum atomic E-state index is 12.3. The average Bonchev–Trinajstić information content (AvgIpc) is 2.80. The van der Waals surface area contributed by atoms with Crippen molar-refractivity contribution in [1.82, 2.24) is 16.1 Å². The first-order valence-corrected chi connectivity index (χ1v) is 9.56. The molecule has 0 spiro atoms. The molecule has 166 valence electrons. The maximum absolute atomic E-state index is 12.3. The van der Waals surface area contributed by atoms with Gasteiger partial charge in [0, 0.05) is 28.8 Å². The molecule has 4 amide bonds. The van der Waals surface area contributed by atoms with Gasteiger partial charge in [0.1, 0.15) is 6.04 Å². The van der Waals surface area contributed by atoms with Gasteiger partial charge in [-0.05, 0) is 42.5 Å². The van der Waals surface area contributed by atoms with E-state index in [-0.39, 0.29) is 11.5 Å². The van der Waals surface area contributed by atoms with Gasteiger partial charge in [-0.1, -0.05) is 24.8 Å². The molecule has 0 aliphatic heterocycles. The maximum Gasteiger partial charge on any atom is 0.404 e. The molecule has 0 saturated heterocycles. The zero-order valence-corrected chi connectivity index (χ0v) is 17.1. The van der Waals surface area contributed by atoms with Crippen LogP contribution in [0, 0.1) is 11.8 Å². The van der Waals surface area contributed by atoms with Crippen LogP contribution >= 0.6 is 0 Å². The summed E-state index contributed by atoms with van der Waals surface area (Å²) in [4.78, 5) is 46.1. The van der Waals surface area contributed by atoms with Crippen LogP contribution in [0.1, 0.15) is 34.8 Å². The van der Waals surface area contributed by atoms with E-state index < -0.39 is 30.5 Å². The molecule has 1 atom stereocenters. The molecule has 0 aliphatic rings. The van der Waals surface area contributed by atoms with E-state index in [1.54, 1.807) is 43.3 Å². The normalized spacial score (nSPS) is 10.7. The van der Waals surface area contributed by atoms with E-state index in [0.717, 1.165) is 0 Å². The first kappa shape index (κ1) is 23.9. The Kier molecular flexibility index (Phi) is 8.77. The van der Waals surface area contributed by atoms with Crippen LogP contribution in [0.2, 0.25) is 0 Å². The van der Waals surface area contributed by atoms with Crippen molar-refractivity contribution in [3.63, 3.8) is 0 Å². The topological polar surface area (TPSA) is 157 Å². The van der Waals surface area contributed by atoms with E-state index >= 15 is 0 Å². The highest BCUT2D eigenvalue weighted by Crippen LogP contribution is 2.11. The van der Waals surface area contributed by atoms with E-state index in [1.807, 2.05) is 5.32 Å². The second-order valence-corrected chi connectivity index (χ2v) is 6.50. The van der Waals surface area contributed by atoms with Crippen LogP contribution in [0.5, 0.6) is 0 Å². The van der Waals surface area contributed by atoms with Crippen molar-refractivity contribution in [2.75, 3.05) is 11.9 Å². The third-order valence-corrected chi connectivity index (χ3v) is 4.16. The van der Waals surface area contributed by atoms with E-state index in [1.165, 1.54) is 17.6 Å². The highest BCUT2D eigenvalue weighted by Gasteiger charge is 2.21. The molecule has 0 aromatic heterocycles. The zero-order valence-electron chi connectivity index (χ0n) is 17.1. The average molecular weight is 438 g/mol. The Morgan fingerprint density at radius 1 is 1.00 bits per heavy atom. The van der Waals surface area contributed by atoms with Gasteiger partial charge in [0.2, 0.25) is 5.91 Å². The Hall–Kier alpha value is -4.36. The minimum Gasteiger partial charge on any atom is -0.465 e. The summed E-state index contributed by atoms with van der Waals surface area (Å²) in [5, 5.41) is 24.5. The Morgan fingerprint density at radius 3 is 2.31 bits per heavy atom. The lowest BCUT2D eigenvalue weighted by atomic mass is 10.1. The second-order valence-electron chi connectivity index (χ2n) is 6.50. The van der Waals surface area contributed by atoms with E-state index in [2.05, 4.69) is 22.5 Å². The quantitative estimate of drug-likeness (QED) is 0.217. The van der Waals surface area contributed by atoms with Crippen molar-refractivity contribution in [2.45, 2.75) is 19.4 Å². The van der Waals surface area contributed by atoms with Crippen molar-refractivity contribution in [2.24, 2.45) is 0 Å². The predicted molar refractivity (Wildman–Crippen MR) is 115 cm³/mol. The summed E-state index contributed by atoms with van der Waals surface area (Å²) in [6.07, 6.45) is -1.01. The number of rotatable bonds is 7. The van der Waals surface area contributed by atoms with Crippen LogP contribution in [0.3, 0.4) is 0 Å². The molecular formula is C22H22N4O6. The zero-order chi connectivity index (χ0) is 23.5. The Labute approximate surface area is 184 Å². The van der Waals surface area contributed by atoms with Gasteiger partial charge in [0.05, 0.1) is 6.54 Å². The lowest BCUT2D eigenvalue weighted by Crippen LogP contribution is -2.51. The Morgan fingerprint density at radius 2 is 1.69 bits per heavy atom. The van der Waals surface area contributed by atoms with Crippen LogP contribution in [0.15, 0.2) is 48.5 Å². The number of carboxylic acid groups (broad SMARTS) is 1. The lowest BCUT2D eigenvalue weighted by molar-refractivity contribution is -0.131. The molecule has 0 saturated carbocycles. The van der Waals surface area contributed by atoms with E-state index in [0.29, 0.717) is 23.2 Å². The van der Waals surface area contributed by atoms with Crippen molar-refractivity contribution >= 4 is 29.5 Å². The number of hydroxylamine groups is 1. The van der Waals surface area contributed by atoms with Crippen LogP contribution in [-0.2, 0) is 9.59 Å². The SMILES string of the molecule is CCC(=O)Nc1cccc(C#Cc2ccc(C(=O)N[C@@H](CNC(=O)O)C(=O)NO)cc2)c1. The summed E-state index contributed by atoms with van der Waals surface area (Å²) in [6.45, 7) is 1.34. The monoisotopic (exact) mass is 438 g/mol. The van der Waals surface area contributed by atoms with Gasteiger partial charge in [-0.15, -0.1) is 0 Å². The highest BCUT2D eigenvalue weighted by molar-refractivity contribution is 5.97. The molecule has 0 radical (unpaired) electrons. The fourth-order valence-corrected chi connectivity index (χ4v) is 2.49. The number of anilines is 1. The molecule has 0 heterocycles. The number of carbonyl (C=O) groups excluding carboxylic acids is 3. The second kappa shape index (κ2) is 11.7. The van der Waals surface area contributed by atoms with Crippen LogP contribution in [0.25, 0.3) is 0 Å². The molecule has 0 unspecified atom stereocenters. The molecule has 0 bridgehead atoms. The van der Waals surface area contributed by atoms with E-state index in [4.69, 9.17) is 10.3 Å². The minimum atomic E-state index is -1.38. The van der Waals surface area contributed by atoms with Crippen LogP contribution < -0.4 is 21.4 Å². The summed E-state index contributed by atoms with van der Waals surface area (Å²) in [7, 11) is 0. The van der Waals surface area contributed by atoms with Crippen molar-refractivity contribution in [3.05, 3.63) is 65.2 Å². The molecule has 0 fully saturated rings. The van der Waals surface area contributed by atoms with Gasteiger partial charge in [-0.25, -0.2) is 10.3 Å². The minimum absolute atomic E-state index is 0.0959. The number of benzene rings is 2. The summed E-state index contributed by atoms with van der Waals surface area (Å²) >= 11 is 0. The molecule has 2 aromatic rings. The number of nitrogens with one attached hydrogen (secondary N) is 4. The molecule has 2 rings (SSSR count). The number of hydrogen-bond acceptors (Lipinski definition) is 5. The van der Waals surface area contributed by atoms with E-state index in [9.17, 15) is 19.2 Å². The lowest BCUT2D eigenvalue weighted by Gasteiger charge is -2.16. The smallest absolute Gasteiger partial charge is 0.404 e. The Bertz CT molecular complexity index is 1060. The molecule has 0 aliphatic carbocycles. The number of carbonyl (C=O) groups is 4. The fourth-order valence-electron chi connectivity index (χ4n) is 2.49. The number of amides is 4. The summed E-state index contributed by atoms with van der Waals surface area (Å²) in [5.74, 6) is 4.24. The van der Waals surface area contributed by atoms with Gasteiger partial charge in [0.25, 0.3) is 11.8 Å². The van der Waals surface area contributed by atoms with Gasteiger partial charge in [-0.2, -0.15) is 0 Å². The molecule has 10 nitrogen and oxygen atoms in total. The predicted octanol–water partition coefficient (Wildman–Crippen LogP) is 1.31. The third kappa shape index (κ3) is 7.47. The van der Waals surface area contributed by atoms with Crippen molar-refractivity contribution in [3.8, 4) is 11.8 Å². The molecule has 6 N–H and O–H groups in total. The van der Waals surface area contributed by atoms with Crippen molar-refractivity contribution in [1.29, 1.82) is 0 Å². The summed E-state index contributed by atoms with van der Waals surface area (Å²) < 4.78 is 0. The van der Waals surface area contributed by atoms with Gasteiger partial charge in [-0.3, -0.25) is 19.6 Å². The van der Waals surface area contributed by atoms with Gasteiger partial charge >= 0.3 is 6.09 Å². The summed E-state index contributed by atoms with van der Waals surface area (Å²) in [5.41, 5.74) is 3.56. The molecular weight excluding hydrogens is 416 g/mol. The Balaban J connectivity index is 2.06. The first-order valence-electron chi connectivity index (χ1n) is 9.56.